The van der Waals surface area contributed by atoms with Gasteiger partial charge in [-0.1, -0.05) is 6.07 Å². The van der Waals surface area contributed by atoms with Crippen LogP contribution >= 0.6 is 0 Å². The Bertz CT molecular complexity index is 359. The van der Waals surface area contributed by atoms with Crippen LogP contribution in [0.2, 0.25) is 0 Å². The molecule has 0 fully saturated rings. The molecule has 1 aromatic carbocycles. The van der Waals surface area contributed by atoms with Crippen molar-refractivity contribution in [1.29, 1.82) is 0 Å². The average Bonchev–Trinajstić information content (AvgIpc) is 2.08. The Balaban J connectivity index is 2.83. The molecule has 0 spiro atoms. The predicted octanol–water partition coefficient (Wildman–Crippen LogP) is 1.98. The van der Waals surface area contributed by atoms with Crippen molar-refractivity contribution in [2.24, 2.45) is 0 Å². The first-order valence-corrected chi connectivity index (χ1v) is 4.91. The summed E-state index contributed by atoms with van der Waals surface area (Å²) in [7, 11) is 4.05. The molecule has 15 heavy (non-hydrogen) atoms. The second-order valence-electron chi connectivity index (χ2n) is 3.92. The number of hydrogen-bond acceptors (Lipinski definition) is 3. The number of carbonyl (C=O) groups is 1. The smallest absolute Gasteiger partial charge is 0.308 e. The second-order valence-corrected chi connectivity index (χ2v) is 3.92. The Morgan fingerprint density at radius 3 is 2.53 bits per heavy atom. The normalized spacial score (nSPS) is 10.5. The topological polar surface area (TPSA) is 29.5 Å². The van der Waals surface area contributed by atoms with Crippen molar-refractivity contribution < 1.29 is 9.53 Å². The van der Waals surface area contributed by atoms with Crippen LogP contribution in [-0.2, 0) is 11.3 Å². The molecule has 0 aromatic heterocycles. The molecule has 0 aliphatic carbocycles. The third-order valence-electron chi connectivity index (χ3n) is 2.06. The van der Waals surface area contributed by atoms with Gasteiger partial charge in [0.2, 0.25) is 0 Å². The van der Waals surface area contributed by atoms with Crippen LogP contribution in [-0.4, -0.2) is 25.0 Å². The van der Waals surface area contributed by atoms with E-state index >= 15 is 0 Å². The van der Waals surface area contributed by atoms with Crippen molar-refractivity contribution in [3.63, 3.8) is 0 Å². The highest BCUT2D eigenvalue weighted by Crippen LogP contribution is 2.18. The molecule has 3 heteroatoms. The highest BCUT2D eigenvalue weighted by Gasteiger charge is 2.03. The first-order chi connectivity index (χ1) is 6.99. The molecule has 0 saturated carbocycles. The van der Waals surface area contributed by atoms with Crippen molar-refractivity contribution in [2.45, 2.75) is 20.4 Å². The molecule has 0 aliphatic rings. The van der Waals surface area contributed by atoms with E-state index < -0.39 is 0 Å². The number of aryl methyl sites for hydroxylation is 1. The summed E-state index contributed by atoms with van der Waals surface area (Å²) >= 11 is 0. The molecule has 0 saturated heterocycles. The maximum atomic E-state index is 10.8. The van der Waals surface area contributed by atoms with Crippen LogP contribution in [0.1, 0.15) is 18.1 Å². The van der Waals surface area contributed by atoms with Crippen LogP contribution in [0.15, 0.2) is 18.2 Å². The zero-order valence-corrected chi connectivity index (χ0v) is 9.70. The quantitative estimate of drug-likeness (QED) is 0.560. The van der Waals surface area contributed by atoms with Crippen molar-refractivity contribution in [3.8, 4) is 5.75 Å². The Morgan fingerprint density at radius 2 is 2.07 bits per heavy atom. The predicted molar refractivity (Wildman–Crippen MR) is 59.9 cm³/mol. The minimum atomic E-state index is -0.283. The monoisotopic (exact) mass is 207 g/mol. The molecule has 0 radical (unpaired) electrons. The summed E-state index contributed by atoms with van der Waals surface area (Å²) in [5.74, 6) is 0.331. The van der Waals surface area contributed by atoms with Crippen molar-refractivity contribution in [1.82, 2.24) is 4.90 Å². The van der Waals surface area contributed by atoms with Gasteiger partial charge < -0.3 is 9.64 Å². The van der Waals surface area contributed by atoms with Gasteiger partial charge in [0.05, 0.1) is 0 Å². The lowest BCUT2D eigenvalue weighted by molar-refractivity contribution is -0.131. The maximum Gasteiger partial charge on any atom is 0.308 e. The van der Waals surface area contributed by atoms with Gasteiger partial charge in [-0.3, -0.25) is 4.79 Å². The zero-order chi connectivity index (χ0) is 11.4. The van der Waals surface area contributed by atoms with Crippen LogP contribution in [0.5, 0.6) is 5.75 Å². The molecule has 0 bridgehead atoms. The summed E-state index contributed by atoms with van der Waals surface area (Å²) < 4.78 is 5.00. The van der Waals surface area contributed by atoms with Crippen LogP contribution in [0.3, 0.4) is 0 Å². The summed E-state index contributed by atoms with van der Waals surface area (Å²) in [4.78, 5) is 12.9. The Morgan fingerprint density at radius 1 is 1.40 bits per heavy atom. The highest BCUT2D eigenvalue weighted by molar-refractivity contribution is 5.69. The number of hydrogen-bond donors (Lipinski definition) is 0. The average molecular weight is 207 g/mol. The minimum absolute atomic E-state index is 0.283. The standard InChI is InChI=1S/C12H17NO2/c1-9-7-12(15-10(2)14)6-5-11(9)8-13(3)4/h5-7H,8H2,1-4H3. The highest BCUT2D eigenvalue weighted by atomic mass is 16.5. The van der Waals surface area contributed by atoms with Gasteiger partial charge in [-0.25, -0.2) is 0 Å². The molecule has 1 rings (SSSR count). The summed E-state index contributed by atoms with van der Waals surface area (Å²) in [6, 6.07) is 5.71. The molecule has 0 unspecified atom stereocenters. The summed E-state index contributed by atoms with van der Waals surface area (Å²) in [6.45, 7) is 4.32. The molecule has 0 aliphatic heterocycles. The van der Waals surface area contributed by atoms with E-state index in [1.54, 1.807) is 0 Å². The maximum absolute atomic E-state index is 10.8. The van der Waals surface area contributed by atoms with E-state index in [1.165, 1.54) is 12.5 Å². The van der Waals surface area contributed by atoms with E-state index in [0.717, 1.165) is 12.1 Å². The summed E-state index contributed by atoms with van der Waals surface area (Å²) in [5, 5.41) is 0. The minimum Gasteiger partial charge on any atom is -0.427 e. The molecule has 82 valence electrons. The van der Waals surface area contributed by atoms with Gasteiger partial charge in [0, 0.05) is 13.5 Å². The Kier molecular flexibility index (Phi) is 3.86. The lowest BCUT2D eigenvalue weighted by Gasteiger charge is -2.13. The molecule has 0 amide bonds. The molecule has 0 heterocycles. The zero-order valence-electron chi connectivity index (χ0n) is 9.70. The molecule has 1 aromatic rings. The Hall–Kier alpha value is -1.35. The first-order valence-electron chi connectivity index (χ1n) is 4.91. The number of benzene rings is 1. The third-order valence-corrected chi connectivity index (χ3v) is 2.06. The van der Waals surface area contributed by atoms with E-state index in [-0.39, 0.29) is 5.97 Å². The largest absolute Gasteiger partial charge is 0.427 e. The van der Waals surface area contributed by atoms with E-state index in [1.807, 2.05) is 39.2 Å². The van der Waals surface area contributed by atoms with Gasteiger partial charge in [-0.2, -0.15) is 0 Å². The van der Waals surface area contributed by atoms with Gasteiger partial charge >= 0.3 is 5.97 Å². The van der Waals surface area contributed by atoms with Gasteiger partial charge in [0.25, 0.3) is 0 Å². The van der Waals surface area contributed by atoms with E-state index in [4.69, 9.17) is 4.74 Å². The summed E-state index contributed by atoms with van der Waals surface area (Å²) in [5.41, 5.74) is 2.39. The van der Waals surface area contributed by atoms with E-state index in [2.05, 4.69) is 4.90 Å². The fourth-order valence-corrected chi connectivity index (χ4v) is 1.42. The Labute approximate surface area is 90.7 Å². The van der Waals surface area contributed by atoms with Gasteiger partial charge in [0.1, 0.15) is 5.75 Å². The number of carbonyl (C=O) groups excluding carboxylic acids is 1. The second kappa shape index (κ2) is 4.94. The molecule has 0 N–H and O–H groups in total. The van der Waals surface area contributed by atoms with E-state index in [9.17, 15) is 4.79 Å². The van der Waals surface area contributed by atoms with Crippen LogP contribution in [0, 0.1) is 6.92 Å². The van der Waals surface area contributed by atoms with Crippen molar-refractivity contribution in [2.75, 3.05) is 14.1 Å². The van der Waals surface area contributed by atoms with Gasteiger partial charge in [-0.15, -0.1) is 0 Å². The lowest BCUT2D eigenvalue weighted by Crippen LogP contribution is -2.11. The molecular formula is C12H17NO2. The number of ether oxygens (including phenoxy) is 1. The van der Waals surface area contributed by atoms with Gasteiger partial charge in [0.15, 0.2) is 0 Å². The molecular weight excluding hydrogens is 190 g/mol. The fourth-order valence-electron chi connectivity index (χ4n) is 1.42. The van der Waals surface area contributed by atoms with Gasteiger partial charge in [-0.05, 0) is 44.3 Å². The lowest BCUT2D eigenvalue weighted by atomic mass is 10.1. The van der Waals surface area contributed by atoms with Crippen LogP contribution in [0.25, 0.3) is 0 Å². The van der Waals surface area contributed by atoms with E-state index in [0.29, 0.717) is 5.75 Å². The SMILES string of the molecule is CC(=O)Oc1ccc(CN(C)C)c(C)c1. The number of nitrogens with zero attached hydrogens (tertiary/aromatic N) is 1. The number of esters is 1. The fraction of sp³-hybridized carbons (Fsp3) is 0.417. The summed E-state index contributed by atoms with van der Waals surface area (Å²) in [6.07, 6.45) is 0. The number of rotatable bonds is 3. The molecule has 3 nitrogen and oxygen atoms in total. The molecule has 0 atom stereocenters. The van der Waals surface area contributed by atoms with Crippen LogP contribution < -0.4 is 4.74 Å². The van der Waals surface area contributed by atoms with Crippen molar-refractivity contribution >= 4 is 5.97 Å². The van der Waals surface area contributed by atoms with Crippen LogP contribution in [0.4, 0.5) is 0 Å². The third kappa shape index (κ3) is 3.72. The van der Waals surface area contributed by atoms with Crippen molar-refractivity contribution in [3.05, 3.63) is 29.3 Å². The first kappa shape index (κ1) is 11.7.